The van der Waals surface area contributed by atoms with Gasteiger partial charge in [0.25, 0.3) is 0 Å². The Bertz CT molecular complexity index is 924. The van der Waals surface area contributed by atoms with Crippen molar-refractivity contribution >= 4 is 33.1 Å². The Morgan fingerprint density at radius 3 is 2.54 bits per heavy atom. The summed E-state index contributed by atoms with van der Waals surface area (Å²) in [6.45, 7) is 2.26. The molecule has 0 aliphatic rings. The Morgan fingerprint density at radius 2 is 1.89 bits per heavy atom. The van der Waals surface area contributed by atoms with Crippen molar-refractivity contribution in [2.24, 2.45) is 0 Å². The predicted molar refractivity (Wildman–Crippen MR) is 102 cm³/mol. The highest BCUT2D eigenvalue weighted by molar-refractivity contribution is 7.18. The normalized spacial score (nSPS) is 12.9. The van der Waals surface area contributed by atoms with Gasteiger partial charge in [-0.05, 0) is 50.4 Å². The second-order valence-corrected chi connectivity index (χ2v) is 7.34. The molecule has 0 aliphatic carbocycles. The van der Waals surface area contributed by atoms with Crippen LogP contribution in [0.25, 0.3) is 10.2 Å². The number of likely N-dealkylation sites (N-methyl/N-ethyl adjacent to an activating group) is 1. The Kier molecular flexibility index (Phi) is 5.85. The molecule has 0 saturated carbocycles. The molecule has 3 rings (SSSR count). The van der Waals surface area contributed by atoms with E-state index in [4.69, 9.17) is 0 Å². The molecule has 3 aromatic rings. The molecular formula is C19H18F3N3O2S. The number of alkyl halides is 3. The molecule has 1 heterocycles. The molecular weight excluding hydrogens is 391 g/mol. The summed E-state index contributed by atoms with van der Waals surface area (Å²) in [5.74, 6) is -0.611. The van der Waals surface area contributed by atoms with E-state index in [1.165, 1.54) is 12.1 Å². The van der Waals surface area contributed by atoms with Crippen molar-refractivity contribution in [2.45, 2.75) is 25.9 Å². The van der Waals surface area contributed by atoms with Crippen molar-refractivity contribution in [1.29, 1.82) is 0 Å². The van der Waals surface area contributed by atoms with Crippen molar-refractivity contribution in [2.75, 3.05) is 12.4 Å². The average molecular weight is 409 g/mol. The Labute approximate surface area is 163 Å². The van der Waals surface area contributed by atoms with E-state index in [0.29, 0.717) is 12.2 Å². The van der Waals surface area contributed by atoms with Gasteiger partial charge in [0.1, 0.15) is 10.8 Å². The van der Waals surface area contributed by atoms with Crippen molar-refractivity contribution in [3.8, 4) is 5.75 Å². The lowest BCUT2D eigenvalue weighted by atomic mass is 10.2. The van der Waals surface area contributed by atoms with Gasteiger partial charge in [0.15, 0.2) is 0 Å². The number of rotatable bonds is 6. The summed E-state index contributed by atoms with van der Waals surface area (Å²) in [6, 6.07) is 12.4. The molecule has 0 fully saturated rings. The van der Waals surface area contributed by atoms with Gasteiger partial charge < -0.3 is 10.1 Å². The zero-order valence-electron chi connectivity index (χ0n) is 15.2. The number of carbonyl (C=O) groups is 1. The number of carbonyl (C=O) groups excluding carboxylic acids is 1. The highest BCUT2D eigenvalue weighted by Gasteiger charge is 2.31. The molecule has 0 radical (unpaired) electrons. The molecule has 0 aliphatic heterocycles. The second kappa shape index (κ2) is 8.15. The van der Waals surface area contributed by atoms with Crippen LogP contribution in [0.5, 0.6) is 5.75 Å². The largest absolute Gasteiger partial charge is 0.573 e. The first kappa shape index (κ1) is 20.1. The van der Waals surface area contributed by atoms with Crippen LogP contribution in [0, 0.1) is 0 Å². The van der Waals surface area contributed by atoms with E-state index in [9.17, 15) is 18.0 Å². The summed E-state index contributed by atoms with van der Waals surface area (Å²) in [5, 5.41) is 3.59. The number of aromatic nitrogens is 1. The number of thiazole rings is 1. The number of fused-ring (bicyclic) bond motifs is 1. The number of nitrogens with one attached hydrogen (secondary N) is 1. The fourth-order valence-electron chi connectivity index (χ4n) is 2.52. The van der Waals surface area contributed by atoms with E-state index < -0.39 is 12.4 Å². The van der Waals surface area contributed by atoms with Crippen LogP contribution >= 0.6 is 11.3 Å². The molecule has 1 amide bonds. The van der Waals surface area contributed by atoms with Crippen molar-refractivity contribution in [1.82, 2.24) is 9.88 Å². The highest BCUT2D eigenvalue weighted by atomic mass is 32.1. The maximum absolute atomic E-state index is 12.4. The maximum Gasteiger partial charge on any atom is 0.573 e. The van der Waals surface area contributed by atoms with Crippen LogP contribution in [0.1, 0.15) is 11.9 Å². The van der Waals surface area contributed by atoms with Crippen LogP contribution in [-0.2, 0) is 11.3 Å². The first-order valence-corrected chi connectivity index (χ1v) is 9.24. The number of hydrogen-bond donors (Lipinski definition) is 1. The molecule has 0 bridgehead atoms. The van der Waals surface area contributed by atoms with Crippen LogP contribution in [0.2, 0.25) is 0 Å². The summed E-state index contributed by atoms with van der Waals surface area (Å²) in [6.07, 6.45) is -4.75. The molecule has 1 atom stereocenters. The predicted octanol–water partition coefficient (Wildman–Crippen LogP) is 4.65. The van der Waals surface area contributed by atoms with Crippen LogP contribution in [0.15, 0.2) is 48.5 Å². The quantitative estimate of drug-likeness (QED) is 0.644. The van der Waals surface area contributed by atoms with Gasteiger partial charge in [-0.15, -0.1) is 24.5 Å². The lowest BCUT2D eigenvalue weighted by molar-refractivity contribution is -0.274. The first-order valence-electron chi connectivity index (χ1n) is 8.42. The van der Waals surface area contributed by atoms with Crippen LogP contribution in [-0.4, -0.2) is 35.2 Å². The summed E-state index contributed by atoms with van der Waals surface area (Å²) < 4.78 is 41.5. The number of halogens is 3. The SMILES string of the molecule is C[C@H](C(=O)Nc1ccc(OC(F)(F)F)cc1)N(C)Cc1nc2ccccc2s1. The van der Waals surface area contributed by atoms with E-state index >= 15 is 0 Å². The third-order valence-electron chi connectivity index (χ3n) is 4.12. The van der Waals surface area contributed by atoms with Gasteiger partial charge >= 0.3 is 6.36 Å². The van der Waals surface area contributed by atoms with E-state index in [2.05, 4.69) is 15.0 Å². The molecule has 148 valence electrons. The molecule has 0 saturated heterocycles. The lowest BCUT2D eigenvalue weighted by Crippen LogP contribution is -2.39. The Hall–Kier alpha value is -2.65. The molecule has 0 spiro atoms. The fraction of sp³-hybridized carbons (Fsp3) is 0.263. The summed E-state index contributed by atoms with van der Waals surface area (Å²) in [7, 11) is 1.82. The number of nitrogens with zero attached hydrogens (tertiary/aromatic N) is 2. The monoisotopic (exact) mass is 409 g/mol. The van der Waals surface area contributed by atoms with Crippen LogP contribution in [0.3, 0.4) is 0 Å². The standard InChI is InChI=1S/C19H18F3N3O2S/c1-12(25(2)11-17-24-15-5-3-4-6-16(15)28-17)18(26)23-13-7-9-14(10-8-13)27-19(20,21)22/h3-10,12H,11H2,1-2H3,(H,23,26)/t12-/m1/s1. The van der Waals surface area contributed by atoms with Gasteiger partial charge in [0.2, 0.25) is 5.91 Å². The average Bonchev–Trinajstić information content (AvgIpc) is 3.03. The van der Waals surface area contributed by atoms with Gasteiger partial charge in [-0.3, -0.25) is 9.69 Å². The lowest BCUT2D eigenvalue weighted by Gasteiger charge is -2.22. The fourth-order valence-corrected chi connectivity index (χ4v) is 3.56. The highest BCUT2D eigenvalue weighted by Crippen LogP contribution is 2.25. The number of amides is 1. The van der Waals surface area contributed by atoms with Crippen molar-refractivity contribution < 1.29 is 22.7 Å². The first-order chi connectivity index (χ1) is 13.2. The minimum atomic E-state index is -4.75. The summed E-state index contributed by atoms with van der Waals surface area (Å²) in [4.78, 5) is 18.9. The zero-order chi connectivity index (χ0) is 20.3. The van der Waals surface area contributed by atoms with Crippen molar-refractivity contribution in [3.63, 3.8) is 0 Å². The summed E-state index contributed by atoms with van der Waals surface area (Å²) in [5.41, 5.74) is 1.31. The number of ether oxygens (including phenoxy) is 1. The maximum atomic E-state index is 12.4. The number of benzene rings is 2. The summed E-state index contributed by atoms with van der Waals surface area (Å²) >= 11 is 1.57. The second-order valence-electron chi connectivity index (χ2n) is 6.23. The minimum Gasteiger partial charge on any atom is -0.406 e. The van der Waals surface area contributed by atoms with Crippen LogP contribution in [0.4, 0.5) is 18.9 Å². The molecule has 9 heteroatoms. The molecule has 0 unspecified atom stereocenters. The van der Waals surface area contributed by atoms with Crippen LogP contribution < -0.4 is 10.1 Å². The minimum absolute atomic E-state index is 0.270. The van der Waals surface area contributed by atoms with E-state index in [-0.39, 0.29) is 11.7 Å². The molecule has 1 aromatic heterocycles. The van der Waals surface area contributed by atoms with Gasteiger partial charge in [-0.2, -0.15) is 0 Å². The van der Waals surface area contributed by atoms with E-state index in [0.717, 1.165) is 27.4 Å². The van der Waals surface area contributed by atoms with E-state index in [1.54, 1.807) is 18.3 Å². The third-order valence-corrected chi connectivity index (χ3v) is 5.14. The van der Waals surface area contributed by atoms with Gasteiger partial charge in [-0.1, -0.05) is 12.1 Å². The Morgan fingerprint density at radius 1 is 1.21 bits per heavy atom. The van der Waals surface area contributed by atoms with Gasteiger partial charge in [0.05, 0.1) is 22.8 Å². The number of anilines is 1. The number of hydrogen-bond acceptors (Lipinski definition) is 5. The zero-order valence-corrected chi connectivity index (χ0v) is 16.0. The smallest absolute Gasteiger partial charge is 0.406 e. The Balaban J connectivity index is 1.58. The van der Waals surface area contributed by atoms with Crippen molar-refractivity contribution in [3.05, 3.63) is 53.5 Å². The number of para-hydroxylation sites is 1. The molecule has 28 heavy (non-hydrogen) atoms. The topological polar surface area (TPSA) is 54.5 Å². The molecule has 2 aromatic carbocycles. The molecule has 1 N–H and O–H groups in total. The molecule has 5 nitrogen and oxygen atoms in total. The van der Waals surface area contributed by atoms with Gasteiger partial charge in [0, 0.05) is 5.69 Å². The third kappa shape index (κ3) is 5.20. The van der Waals surface area contributed by atoms with E-state index in [1.807, 2.05) is 36.2 Å². The van der Waals surface area contributed by atoms with Gasteiger partial charge in [-0.25, -0.2) is 4.98 Å².